The van der Waals surface area contributed by atoms with Gasteiger partial charge in [0.05, 0.1) is 24.3 Å². The zero-order chi connectivity index (χ0) is 22.1. The van der Waals surface area contributed by atoms with E-state index in [-0.39, 0.29) is 17.9 Å². The fraction of sp³-hybridized carbons (Fsp3) is 0.375. The van der Waals surface area contributed by atoms with Crippen molar-refractivity contribution in [3.05, 3.63) is 76.9 Å². The van der Waals surface area contributed by atoms with E-state index >= 15 is 0 Å². The van der Waals surface area contributed by atoms with E-state index in [2.05, 4.69) is 27.4 Å². The first kappa shape index (κ1) is 20.4. The summed E-state index contributed by atoms with van der Waals surface area (Å²) in [5.41, 5.74) is 4.41. The van der Waals surface area contributed by atoms with Crippen molar-refractivity contribution in [3.8, 4) is 0 Å². The molecule has 5 rings (SSSR count). The van der Waals surface area contributed by atoms with Crippen LogP contribution in [0.2, 0.25) is 0 Å². The zero-order valence-electron chi connectivity index (χ0n) is 18.1. The number of aromatic nitrogens is 4. The van der Waals surface area contributed by atoms with Crippen LogP contribution in [-0.4, -0.2) is 60.7 Å². The Hall–Kier alpha value is -3.55. The molecule has 4 heterocycles. The SMILES string of the molecule is Cc1cncc(C(=O)N2CCC[C@H]2Cn2cc(C(=O)N3CCc4ccccc4C3)nn2)c1. The molecule has 164 valence electrons. The van der Waals surface area contributed by atoms with Gasteiger partial charge in [-0.25, -0.2) is 4.68 Å². The van der Waals surface area contributed by atoms with Gasteiger partial charge < -0.3 is 9.80 Å². The van der Waals surface area contributed by atoms with Crippen LogP contribution in [0.15, 0.2) is 48.9 Å². The van der Waals surface area contributed by atoms with Crippen molar-refractivity contribution in [2.75, 3.05) is 13.1 Å². The Bertz CT molecular complexity index is 1160. The molecule has 1 fully saturated rings. The van der Waals surface area contributed by atoms with Crippen LogP contribution in [0.1, 0.15) is 50.4 Å². The summed E-state index contributed by atoms with van der Waals surface area (Å²) in [6, 6.07) is 10.1. The highest BCUT2D eigenvalue weighted by molar-refractivity contribution is 5.94. The number of aryl methyl sites for hydroxylation is 1. The molecule has 0 saturated carbocycles. The van der Waals surface area contributed by atoms with Gasteiger partial charge in [0.2, 0.25) is 0 Å². The van der Waals surface area contributed by atoms with Crippen LogP contribution in [0.3, 0.4) is 0 Å². The van der Waals surface area contributed by atoms with Crippen LogP contribution >= 0.6 is 0 Å². The third kappa shape index (κ3) is 4.00. The topological polar surface area (TPSA) is 84.2 Å². The normalized spacial score (nSPS) is 18.0. The highest BCUT2D eigenvalue weighted by atomic mass is 16.2. The van der Waals surface area contributed by atoms with E-state index in [1.807, 2.05) is 34.9 Å². The largest absolute Gasteiger partial charge is 0.334 e. The first-order valence-electron chi connectivity index (χ1n) is 11.1. The average Bonchev–Trinajstić information content (AvgIpc) is 3.48. The van der Waals surface area contributed by atoms with Crippen LogP contribution in [0.5, 0.6) is 0 Å². The number of fused-ring (bicyclic) bond motifs is 1. The monoisotopic (exact) mass is 430 g/mol. The van der Waals surface area contributed by atoms with Crippen molar-refractivity contribution in [1.82, 2.24) is 29.8 Å². The van der Waals surface area contributed by atoms with Crippen molar-refractivity contribution in [1.29, 1.82) is 0 Å². The molecule has 1 saturated heterocycles. The molecular weight excluding hydrogens is 404 g/mol. The number of rotatable bonds is 4. The Morgan fingerprint density at radius 3 is 2.78 bits per heavy atom. The predicted octanol–water partition coefficient (Wildman–Crippen LogP) is 2.48. The maximum atomic E-state index is 13.0. The second-order valence-electron chi connectivity index (χ2n) is 8.62. The fourth-order valence-electron chi connectivity index (χ4n) is 4.66. The number of amides is 2. The van der Waals surface area contributed by atoms with Gasteiger partial charge in [-0.15, -0.1) is 5.10 Å². The molecule has 1 atom stereocenters. The Balaban J connectivity index is 1.26. The van der Waals surface area contributed by atoms with Crippen molar-refractivity contribution in [3.63, 3.8) is 0 Å². The summed E-state index contributed by atoms with van der Waals surface area (Å²) in [7, 11) is 0. The van der Waals surface area contributed by atoms with E-state index in [0.717, 1.165) is 24.8 Å². The molecule has 1 aromatic carbocycles. The Kier molecular flexibility index (Phi) is 5.43. The molecular formula is C24H26N6O2. The number of nitrogens with zero attached hydrogens (tertiary/aromatic N) is 6. The van der Waals surface area contributed by atoms with Gasteiger partial charge in [-0.1, -0.05) is 29.5 Å². The molecule has 2 aliphatic rings. The quantitative estimate of drug-likeness (QED) is 0.635. The molecule has 3 aromatic rings. The minimum Gasteiger partial charge on any atom is -0.334 e. The molecule has 0 aliphatic carbocycles. The number of benzene rings is 1. The highest BCUT2D eigenvalue weighted by Crippen LogP contribution is 2.22. The lowest BCUT2D eigenvalue weighted by atomic mass is 10.00. The third-order valence-corrected chi connectivity index (χ3v) is 6.33. The van der Waals surface area contributed by atoms with Gasteiger partial charge in [-0.05, 0) is 48.9 Å². The minimum atomic E-state index is -0.101. The summed E-state index contributed by atoms with van der Waals surface area (Å²) in [6.07, 6.45) is 7.77. The Morgan fingerprint density at radius 1 is 1.09 bits per heavy atom. The summed E-state index contributed by atoms with van der Waals surface area (Å²) in [5.74, 6) is -0.108. The molecule has 0 N–H and O–H groups in total. The van der Waals surface area contributed by atoms with Gasteiger partial charge in [0.15, 0.2) is 5.69 Å². The van der Waals surface area contributed by atoms with Gasteiger partial charge >= 0.3 is 0 Å². The Morgan fingerprint density at radius 2 is 1.94 bits per heavy atom. The standard InChI is InChI=1S/C24H26N6O2/c1-17-11-20(13-25-12-17)23(31)30-9-4-7-21(30)15-29-16-22(26-27-29)24(32)28-10-8-18-5-2-3-6-19(18)14-28/h2-3,5-6,11-13,16,21H,4,7-10,14-15H2,1H3/t21-/m0/s1. The first-order valence-corrected chi connectivity index (χ1v) is 11.1. The number of hydrogen-bond donors (Lipinski definition) is 0. The second kappa shape index (κ2) is 8.53. The van der Waals surface area contributed by atoms with Crippen molar-refractivity contribution in [2.45, 2.75) is 45.3 Å². The average molecular weight is 431 g/mol. The molecule has 0 radical (unpaired) electrons. The van der Waals surface area contributed by atoms with Crippen molar-refractivity contribution >= 4 is 11.8 Å². The lowest BCUT2D eigenvalue weighted by Gasteiger charge is -2.28. The van der Waals surface area contributed by atoms with E-state index in [9.17, 15) is 9.59 Å². The van der Waals surface area contributed by atoms with Gasteiger partial charge in [0.25, 0.3) is 11.8 Å². The van der Waals surface area contributed by atoms with Crippen LogP contribution in [0.4, 0.5) is 0 Å². The number of carbonyl (C=O) groups is 2. The summed E-state index contributed by atoms with van der Waals surface area (Å²) in [4.78, 5) is 33.9. The summed E-state index contributed by atoms with van der Waals surface area (Å²) in [5, 5.41) is 8.33. The summed E-state index contributed by atoms with van der Waals surface area (Å²) in [6.45, 7) is 4.44. The second-order valence-corrected chi connectivity index (χ2v) is 8.62. The molecule has 0 bridgehead atoms. The van der Waals surface area contributed by atoms with Gasteiger partial charge in [-0.3, -0.25) is 14.6 Å². The molecule has 0 spiro atoms. The van der Waals surface area contributed by atoms with E-state index < -0.39 is 0 Å². The van der Waals surface area contributed by atoms with Crippen LogP contribution in [-0.2, 0) is 19.5 Å². The van der Waals surface area contributed by atoms with Crippen molar-refractivity contribution < 1.29 is 9.59 Å². The number of carbonyl (C=O) groups excluding carboxylic acids is 2. The number of pyridine rings is 1. The lowest BCUT2D eigenvalue weighted by Crippen LogP contribution is -2.38. The van der Waals surface area contributed by atoms with Gasteiger partial charge in [0.1, 0.15) is 0 Å². The highest BCUT2D eigenvalue weighted by Gasteiger charge is 2.31. The van der Waals surface area contributed by atoms with E-state index in [1.54, 1.807) is 23.3 Å². The molecule has 2 amide bonds. The van der Waals surface area contributed by atoms with Gasteiger partial charge in [-0.2, -0.15) is 0 Å². The van der Waals surface area contributed by atoms with Crippen LogP contribution in [0.25, 0.3) is 0 Å². The first-order chi connectivity index (χ1) is 15.6. The maximum absolute atomic E-state index is 13.0. The number of likely N-dealkylation sites (tertiary alicyclic amines) is 1. The fourth-order valence-corrected chi connectivity index (χ4v) is 4.66. The van der Waals surface area contributed by atoms with Crippen molar-refractivity contribution in [2.24, 2.45) is 0 Å². The van der Waals surface area contributed by atoms with E-state index in [4.69, 9.17) is 0 Å². The molecule has 2 aliphatic heterocycles. The molecule has 32 heavy (non-hydrogen) atoms. The molecule has 8 nitrogen and oxygen atoms in total. The minimum absolute atomic E-state index is 0.00732. The molecule has 2 aromatic heterocycles. The lowest BCUT2D eigenvalue weighted by molar-refractivity contribution is 0.0714. The zero-order valence-corrected chi connectivity index (χ0v) is 18.1. The summed E-state index contributed by atoms with van der Waals surface area (Å²) >= 11 is 0. The smallest absolute Gasteiger partial charge is 0.276 e. The van der Waals surface area contributed by atoms with E-state index in [0.29, 0.717) is 37.4 Å². The predicted molar refractivity (Wildman–Crippen MR) is 118 cm³/mol. The van der Waals surface area contributed by atoms with Crippen LogP contribution < -0.4 is 0 Å². The van der Waals surface area contributed by atoms with E-state index in [1.165, 1.54) is 11.1 Å². The molecule has 0 unspecified atom stereocenters. The Labute approximate surface area is 186 Å². The maximum Gasteiger partial charge on any atom is 0.276 e. The van der Waals surface area contributed by atoms with Gasteiger partial charge in [0, 0.05) is 32.0 Å². The third-order valence-electron chi connectivity index (χ3n) is 6.33. The van der Waals surface area contributed by atoms with Crippen LogP contribution in [0, 0.1) is 6.92 Å². The number of hydrogen-bond acceptors (Lipinski definition) is 5. The molecule has 8 heteroatoms. The summed E-state index contributed by atoms with van der Waals surface area (Å²) < 4.78 is 1.69.